The van der Waals surface area contributed by atoms with Crippen LogP contribution in [0.15, 0.2) is 18.2 Å². The Kier molecular flexibility index (Phi) is 4.33. The van der Waals surface area contributed by atoms with Gasteiger partial charge in [0.2, 0.25) is 0 Å². The summed E-state index contributed by atoms with van der Waals surface area (Å²) in [5.41, 5.74) is -0.0250. The molecule has 0 bridgehead atoms. The van der Waals surface area contributed by atoms with E-state index in [1.807, 2.05) is 0 Å². The normalized spacial score (nSPS) is 9.12. The molecular formula is C11H8ClN3O2. The van der Waals surface area contributed by atoms with Crippen molar-refractivity contribution in [3.05, 3.63) is 28.8 Å². The lowest BCUT2D eigenvalue weighted by Crippen LogP contribution is -2.31. The number of carbonyl (C=O) groups excluding carboxylic acids is 1. The fourth-order valence-corrected chi connectivity index (χ4v) is 1.39. The third-order valence-electron chi connectivity index (χ3n) is 2.00. The molecule has 17 heavy (non-hydrogen) atoms. The van der Waals surface area contributed by atoms with Crippen molar-refractivity contribution in [1.29, 1.82) is 10.5 Å². The highest BCUT2D eigenvalue weighted by Crippen LogP contribution is 2.22. The van der Waals surface area contributed by atoms with Crippen LogP contribution in [0.2, 0.25) is 5.02 Å². The summed E-state index contributed by atoms with van der Waals surface area (Å²) in [6, 6.07) is 7.57. The molecule has 86 valence electrons. The average molecular weight is 250 g/mol. The first-order valence-corrected chi connectivity index (χ1v) is 4.99. The molecular weight excluding hydrogens is 242 g/mol. The highest BCUT2D eigenvalue weighted by atomic mass is 35.5. The molecule has 0 aliphatic rings. The Bertz CT molecular complexity index is 500. The van der Waals surface area contributed by atoms with Crippen molar-refractivity contribution in [3.63, 3.8) is 0 Å². The van der Waals surface area contributed by atoms with Crippen LogP contribution in [0, 0.1) is 22.7 Å². The summed E-state index contributed by atoms with van der Waals surface area (Å²) in [7, 11) is 0. The molecule has 0 saturated heterocycles. The van der Waals surface area contributed by atoms with Crippen molar-refractivity contribution in [2.24, 2.45) is 0 Å². The van der Waals surface area contributed by atoms with Crippen LogP contribution in [-0.2, 0) is 0 Å². The minimum Gasteiger partial charge on any atom is -0.507 e. The zero-order chi connectivity index (χ0) is 12.8. The number of nitriles is 2. The molecule has 6 heteroatoms. The Morgan fingerprint density at radius 2 is 1.94 bits per heavy atom. The van der Waals surface area contributed by atoms with Crippen LogP contribution in [0.25, 0.3) is 0 Å². The van der Waals surface area contributed by atoms with Gasteiger partial charge < -0.3 is 10.0 Å². The molecule has 0 aliphatic carbocycles. The van der Waals surface area contributed by atoms with E-state index in [-0.39, 0.29) is 24.4 Å². The van der Waals surface area contributed by atoms with E-state index in [4.69, 9.17) is 22.1 Å². The third kappa shape index (κ3) is 3.10. The average Bonchev–Trinajstić information content (AvgIpc) is 2.31. The van der Waals surface area contributed by atoms with Crippen LogP contribution in [0.3, 0.4) is 0 Å². The first kappa shape index (κ1) is 12.8. The van der Waals surface area contributed by atoms with E-state index in [0.29, 0.717) is 5.02 Å². The van der Waals surface area contributed by atoms with E-state index in [0.717, 1.165) is 4.90 Å². The predicted octanol–water partition coefficient (Wildman–Crippen LogP) is 1.53. The predicted molar refractivity (Wildman–Crippen MR) is 60.2 cm³/mol. The van der Waals surface area contributed by atoms with Gasteiger partial charge in [-0.2, -0.15) is 10.5 Å². The first-order valence-electron chi connectivity index (χ1n) is 4.62. The molecule has 5 nitrogen and oxygen atoms in total. The quantitative estimate of drug-likeness (QED) is 0.823. The molecule has 0 spiro atoms. The van der Waals surface area contributed by atoms with Crippen molar-refractivity contribution in [2.45, 2.75) is 0 Å². The number of phenolic OH excluding ortho intramolecular Hbond substituents is 1. The summed E-state index contributed by atoms with van der Waals surface area (Å²) in [5, 5.41) is 26.9. The molecule has 0 radical (unpaired) electrons. The maximum Gasteiger partial charge on any atom is 0.259 e. The number of rotatable bonds is 3. The van der Waals surface area contributed by atoms with Gasteiger partial charge in [-0.15, -0.1) is 0 Å². The van der Waals surface area contributed by atoms with Crippen molar-refractivity contribution >= 4 is 17.5 Å². The van der Waals surface area contributed by atoms with Gasteiger partial charge in [0.25, 0.3) is 5.91 Å². The second-order valence-corrected chi connectivity index (χ2v) is 3.58. The lowest BCUT2D eigenvalue weighted by atomic mass is 10.1. The van der Waals surface area contributed by atoms with E-state index in [1.54, 1.807) is 12.1 Å². The number of halogens is 1. The Labute approximate surface area is 103 Å². The topological polar surface area (TPSA) is 88.1 Å². The second-order valence-electron chi connectivity index (χ2n) is 3.14. The van der Waals surface area contributed by atoms with E-state index in [2.05, 4.69) is 0 Å². The van der Waals surface area contributed by atoms with Crippen LogP contribution >= 0.6 is 11.6 Å². The Balaban J connectivity index is 3.06. The molecule has 0 heterocycles. The minimum absolute atomic E-state index is 0.0250. The smallest absolute Gasteiger partial charge is 0.259 e. The van der Waals surface area contributed by atoms with Gasteiger partial charge in [0, 0.05) is 5.02 Å². The summed E-state index contributed by atoms with van der Waals surface area (Å²) < 4.78 is 0. The highest BCUT2D eigenvalue weighted by molar-refractivity contribution is 6.31. The summed E-state index contributed by atoms with van der Waals surface area (Å²) in [5.74, 6) is -0.839. The Morgan fingerprint density at radius 1 is 1.35 bits per heavy atom. The van der Waals surface area contributed by atoms with Crippen LogP contribution < -0.4 is 0 Å². The van der Waals surface area contributed by atoms with E-state index in [1.165, 1.54) is 18.2 Å². The monoisotopic (exact) mass is 249 g/mol. The van der Waals surface area contributed by atoms with Crippen molar-refractivity contribution in [3.8, 4) is 17.9 Å². The number of aromatic hydroxyl groups is 1. The molecule has 0 aliphatic heterocycles. The van der Waals surface area contributed by atoms with Crippen LogP contribution in [-0.4, -0.2) is 29.0 Å². The van der Waals surface area contributed by atoms with Gasteiger partial charge in [0.15, 0.2) is 0 Å². The van der Waals surface area contributed by atoms with Crippen molar-refractivity contribution in [2.75, 3.05) is 13.1 Å². The van der Waals surface area contributed by atoms with Gasteiger partial charge >= 0.3 is 0 Å². The van der Waals surface area contributed by atoms with Gasteiger partial charge in [-0.25, -0.2) is 0 Å². The lowest BCUT2D eigenvalue weighted by Gasteiger charge is -2.16. The fraction of sp³-hybridized carbons (Fsp3) is 0.182. The number of amides is 1. The van der Waals surface area contributed by atoms with Gasteiger partial charge in [0.1, 0.15) is 18.8 Å². The fourth-order valence-electron chi connectivity index (χ4n) is 1.22. The third-order valence-corrected chi connectivity index (χ3v) is 2.23. The number of benzene rings is 1. The van der Waals surface area contributed by atoms with Crippen molar-refractivity contribution in [1.82, 2.24) is 4.90 Å². The minimum atomic E-state index is -0.604. The summed E-state index contributed by atoms with van der Waals surface area (Å²) in [6.07, 6.45) is 0. The molecule has 0 saturated carbocycles. The molecule has 1 N–H and O–H groups in total. The standard InChI is InChI=1S/C11H8ClN3O2/c12-8-1-2-10(16)9(7-8)11(17)15(5-3-13)6-4-14/h1-2,7,16H,5-6H2. The van der Waals surface area contributed by atoms with Crippen LogP contribution in [0.4, 0.5) is 0 Å². The maximum atomic E-state index is 11.9. The Hall–Kier alpha value is -2.24. The molecule has 1 aromatic rings. The van der Waals surface area contributed by atoms with Crippen molar-refractivity contribution < 1.29 is 9.90 Å². The molecule has 1 amide bonds. The van der Waals surface area contributed by atoms with Crippen LogP contribution in [0.1, 0.15) is 10.4 Å². The van der Waals surface area contributed by atoms with Gasteiger partial charge in [0.05, 0.1) is 17.7 Å². The lowest BCUT2D eigenvalue weighted by molar-refractivity contribution is 0.0791. The molecule has 0 unspecified atom stereocenters. The largest absolute Gasteiger partial charge is 0.507 e. The van der Waals surface area contributed by atoms with E-state index < -0.39 is 5.91 Å². The number of carbonyl (C=O) groups is 1. The number of hydrogen-bond acceptors (Lipinski definition) is 4. The van der Waals surface area contributed by atoms with Gasteiger partial charge in [-0.3, -0.25) is 4.79 Å². The SMILES string of the molecule is N#CCN(CC#N)C(=O)c1cc(Cl)ccc1O. The Morgan fingerprint density at radius 3 is 2.47 bits per heavy atom. The zero-order valence-electron chi connectivity index (χ0n) is 8.72. The number of hydrogen-bond donors (Lipinski definition) is 1. The summed E-state index contributed by atoms with van der Waals surface area (Å²) in [6.45, 7) is -0.448. The first-order chi connectivity index (χ1) is 8.10. The van der Waals surface area contributed by atoms with E-state index >= 15 is 0 Å². The summed E-state index contributed by atoms with van der Waals surface area (Å²) in [4.78, 5) is 12.9. The molecule has 1 aromatic carbocycles. The van der Waals surface area contributed by atoms with E-state index in [9.17, 15) is 9.90 Å². The maximum absolute atomic E-state index is 11.9. The highest BCUT2D eigenvalue weighted by Gasteiger charge is 2.18. The molecule has 0 atom stereocenters. The van der Waals surface area contributed by atoms with Crippen LogP contribution in [0.5, 0.6) is 5.75 Å². The number of phenols is 1. The zero-order valence-corrected chi connectivity index (χ0v) is 9.48. The molecule has 1 rings (SSSR count). The van der Waals surface area contributed by atoms with Gasteiger partial charge in [-0.05, 0) is 18.2 Å². The summed E-state index contributed by atoms with van der Waals surface area (Å²) >= 11 is 5.71. The second kappa shape index (κ2) is 5.74. The molecule has 0 aromatic heterocycles. The number of nitrogens with zero attached hydrogens (tertiary/aromatic N) is 3. The van der Waals surface area contributed by atoms with Gasteiger partial charge in [-0.1, -0.05) is 11.6 Å². The molecule has 0 fully saturated rings.